The van der Waals surface area contributed by atoms with Gasteiger partial charge in [-0.3, -0.25) is 0 Å². The molecule has 0 aliphatic heterocycles. The summed E-state index contributed by atoms with van der Waals surface area (Å²) in [5, 5.41) is 0.651. The summed E-state index contributed by atoms with van der Waals surface area (Å²) in [6.45, 7) is 3.68. The lowest BCUT2D eigenvalue weighted by molar-refractivity contribution is 0.606. The quantitative estimate of drug-likeness (QED) is 0.841. The predicted octanol–water partition coefficient (Wildman–Crippen LogP) is 3.46. The van der Waals surface area contributed by atoms with E-state index in [9.17, 15) is 4.39 Å². The SMILES string of the molecule is Cc1cc(Cl)c(CCCC(C)N)cc1F. The highest BCUT2D eigenvalue weighted by Gasteiger charge is 2.06. The highest BCUT2D eigenvalue weighted by Crippen LogP contribution is 2.22. The maximum Gasteiger partial charge on any atom is 0.126 e. The van der Waals surface area contributed by atoms with Crippen LogP contribution in [0.5, 0.6) is 0 Å². The lowest BCUT2D eigenvalue weighted by Gasteiger charge is -2.08. The zero-order chi connectivity index (χ0) is 11.4. The van der Waals surface area contributed by atoms with Crippen molar-refractivity contribution in [1.29, 1.82) is 0 Å². The summed E-state index contributed by atoms with van der Waals surface area (Å²) in [6, 6.07) is 3.40. The van der Waals surface area contributed by atoms with Gasteiger partial charge in [0.05, 0.1) is 0 Å². The average Bonchev–Trinajstić information content (AvgIpc) is 2.13. The monoisotopic (exact) mass is 229 g/mol. The van der Waals surface area contributed by atoms with Gasteiger partial charge in [-0.15, -0.1) is 0 Å². The molecule has 1 nitrogen and oxygen atoms in total. The van der Waals surface area contributed by atoms with Crippen LogP contribution in [0, 0.1) is 12.7 Å². The minimum absolute atomic E-state index is 0.185. The molecule has 0 amide bonds. The topological polar surface area (TPSA) is 26.0 Å². The van der Waals surface area contributed by atoms with Crippen molar-refractivity contribution in [3.8, 4) is 0 Å². The maximum atomic E-state index is 13.3. The summed E-state index contributed by atoms with van der Waals surface area (Å²) in [5.41, 5.74) is 7.11. The molecule has 3 heteroatoms. The van der Waals surface area contributed by atoms with Crippen LogP contribution in [0.25, 0.3) is 0 Å². The largest absolute Gasteiger partial charge is 0.328 e. The molecule has 0 saturated carbocycles. The van der Waals surface area contributed by atoms with Gasteiger partial charge < -0.3 is 5.73 Å². The van der Waals surface area contributed by atoms with Crippen LogP contribution in [-0.4, -0.2) is 6.04 Å². The highest BCUT2D eigenvalue weighted by molar-refractivity contribution is 6.31. The molecule has 1 rings (SSSR count). The molecule has 0 radical (unpaired) electrons. The smallest absolute Gasteiger partial charge is 0.126 e. The second-order valence-corrected chi connectivity index (χ2v) is 4.47. The fourth-order valence-corrected chi connectivity index (χ4v) is 1.81. The summed E-state index contributed by atoms with van der Waals surface area (Å²) in [5.74, 6) is -0.185. The van der Waals surface area contributed by atoms with Crippen molar-refractivity contribution in [2.75, 3.05) is 0 Å². The van der Waals surface area contributed by atoms with E-state index in [2.05, 4.69) is 0 Å². The Morgan fingerprint density at radius 3 is 2.73 bits per heavy atom. The molecule has 0 heterocycles. The van der Waals surface area contributed by atoms with Crippen LogP contribution in [-0.2, 0) is 6.42 Å². The van der Waals surface area contributed by atoms with E-state index in [4.69, 9.17) is 17.3 Å². The number of halogens is 2. The Morgan fingerprint density at radius 2 is 2.13 bits per heavy atom. The van der Waals surface area contributed by atoms with Crippen molar-refractivity contribution in [2.24, 2.45) is 5.73 Å². The van der Waals surface area contributed by atoms with Crippen LogP contribution in [0.3, 0.4) is 0 Å². The summed E-state index contributed by atoms with van der Waals surface area (Å²) in [4.78, 5) is 0. The van der Waals surface area contributed by atoms with Crippen molar-refractivity contribution in [2.45, 2.75) is 39.2 Å². The summed E-state index contributed by atoms with van der Waals surface area (Å²) < 4.78 is 13.3. The summed E-state index contributed by atoms with van der Waals surface area (Å²) >= 11 is 6.02. The Balaban J connectivity index is 2.65. The fraction of sp³-hybridized carbons (Fsp3) is 0.500. The van der Waals surface area contributed by atoms with Gasteiger partial charge >= 0.3 is 0 Å². The van der Waals surface area contributed by atoms with E-state index >= 15 is 0 Å². The molecule has 1 aromatic carbocycles. The minimum atomic E-state index is -0.185. The van der Waals surface area contributed by atoms with E-state index < -0.39 is 0 Å². The molecule has 0 aliphatic rings. The van der Waals surface area contributed by atoms with Crippen LogP contribution < -0.4 is 5.73 Å². The first-order chi connectivity index (χ1) is 7.00. The van der Waals surface area contributed by atoms with E-state index in [1.54, 1.807) is 13.0 Å². The second kappa shape index (κ2) is 5.47. The molecule has 0 bridgehead atoms. The van der Waals surface area contributed by atoms with Crippen molar-refractivity contribution in [3.63, 3.8) is 0 Å². The standard InChI is InChI=1S/C12H17ClFN/c1-8-6-11(13)10(7-12(8)14)5-3-4-9(2)15/h6-7,9H,3-5,15H2,1-2H3. The van der Waals surface area contributed by atoms with Gasteiger partial charge in [-0.1, -0.05) is 11.6 Å². The second-order valence-electron chi connectivity index (χ2n) is 4.06. The molecule has 2 N–H and O–H groups in total. The van der Waals surface area contributed by atoms with Gasteiger partial charge in [0.1, 0.15) is 5.82 Å². The molecule has 1 aromatic rings. The number of hydrogen-bond acceptors (Lipinski definition) is 1. The number of rotatable bonds is 4. The van der Waals surface area contributed by atoms with E-state index in [-0.39, 0.29) is 11.9 Å². The molecule has 0 fully saturated rings. The van der Waals surface area contributed by atoms with Gasteiger partial charge in [0.25, 0.3) is 0 Å². The Hall–Kier alpha value is -0.600. The molecular weight excluding hydrogens is 213 g/mol. The zero-order valence-corrected chi connectivity index (χ0v) is 9.94. The van der Waals surface area contributed by atoms with Gasteiger partial charge in [-0.05, 0) is 56.4 Å². The van der Waals surface area contributed by atoms with Crippen LogP contribution in [0.15, 0.2) is 12.1 Å². The third kappa shape index (κ3) is 3.80. The first-order valence-corrected chi connectivity index (χ1v) is 5.58. The van der Waals surface area contributed by atoms with Crippen LogP contribution >= 0.6 is 11.6 Å². The summed E-state index contributed by atoms with van der Waals surface area (Å²) in [7, 11) is 0. The number of aryl methyl sites for hydroxylation is 2. The Bertz CT molecular complexity index is 337. The van der Waals surface area contributed by atoms with Gasteiger partial charge in [-0.2, -0.15) is 0 Å². The normalized spacial score (nSPS) is 12.9. The van der Waals surface area contributed by atoms with Gasteiger partial charge in [-0.25, -0.2) is 4.39 Å². The first-order valence-electron chi connectivity index (χ1n) is 5.21. The van der Waals surface area contributed by atoms with Gasteiger partial charge in [0, 0.05) is 11.1 Å². The third-order valence-electron chi connectivity index (χ3n) is 2.43. The first kappa shape index (κ1) is 12.5. The van der Waals surface area contributed by atoms with E-state index in [0.717, 1.165) is 24.8 Å². The minimum Gasteiger partial charge on any atom is -0.328 e. The van der Waals surface area contributed by atoms with Crippen LogP contribution in [0.4, 0.5) is 4.39 Å². The molecule has 0 aromatic heterocycles. The van der Waals surface area contributed by atoms with E-state index in [1.165, 1.54) is 6.07 Å². The molecular formula is C12H17ClFN. The number of nitrogens with two attached hydrogens (primary N) is 1. The lowest BCUT2D eigenvalue weighted by Crippen LogP contribution is -2.14. The number of hydrogen-bond donors (Lipinski definition) is 1. The van der Waals surface area contributed by atoms with Crippen molar-refractivity contribution >= 4 is 11.6 Å². The molecule has 15 heavy (non-hydrogen) atoms. The van der Waals surface area contributed by atoms with Crippen LogP contribution in [0.1, 0.15) is 30.9 Å². The number of benzene rings is 1. The van der Waals surface area contributed by atoms with Crippen LogP contribution in [0.2, 0.25) is 5.02 Å². The predicted molar refractivity (Wildman–Crippen MR) is 62.7 cm³/mol. The van der Waals surface area contributed by atoms with Gasteiger partial charge in [0.15, 0.2) is 0 Å². The highest BCUT2D eigenvalue weighted by atomic mass is 35.5. The Kier molecular flexibility index (Phi) is 4.55. The van der Waals surface area contributed by atoms with E-state index in [0.29, 0.717) is 10.6 Å². The molecule has 1 unspecified atom stereocenters. The average molecular weight is 230 g/mol. The molecule has 0 aliphatic carbocycles. The van der Waals surface area contributed by atoms with Gasteiger partial charge in [0.2, 0.25) is 0 Å². The van der Waals surface area contributed by atoms with Crippen molar-refractivity contribution in [3.05, 3.63) is 34.1 Å². The Morgan fingerprint density at radius 1 is 1.47 bits per heavy atom. The molecule has 0 spiro atoms. The molecule has 1 atom stereocenters. The zero-order valence-electron chi connectivity index (χ0n) is 9.19. The molecule has 0 saturated heterocycles. The van der Waals surface area contributed by atoms with E-state index in [1.807, 2.05) is 6.92 Å². The lowest BCUT2D eigenvalue weighted by atomic mass is 10.0. The van der Waals surface area contributed by atoms with Crippen molar-refractivity contribution < 1.29 is 4.39 Å². The summed E-state index contributed by atoms with van der Waals surface area (Å²) in [6.07, 6.45) is 2.67. The third-order valence-corrected chi connectivity index (χ3v) is 2.79. The fourth-order valence-electron chi connectivity index (χ4n) is 1.49. The van der Waals surface area contributed by atoms with Crippen molar-refractivity contribution in [1.82, 2.24) is 0 Å². The Labute approximate surface area is 95.4 Å². The maximum absolute atomic E-state index is 13.3. The molecule has 84 valence electrons.